The molecule has 0 atom stereocenters. The molecule has 2 heterocycles. The van der Waals surface area contributed by atoms with Gasteiger partial charge in [0.2, 0.25) is 0 Å². The maximum absolute atomic E-state index is 11.5. The van der Waals surface area contributed by atoms with E-state index in [0.717, 1.165) is 0 Å². The number of hydrogen-bond acceptors (Lipinski definition) is 6. The Morgan fingerprint density at radius 1 is 1.29 bits per heavy atom. The third kappa shape index (κ3) is 2.54. The molecule has 86 valence electrons. The summed E-state index contributed by atoms with van der Waals surface area (Å²) in [6, 6.07) is 3.28. The summed E-state index contributed by atoms with van der Waals surface area (Å²) in [5.74, 6) is 0.445. The third-order valence-corrected chi connectivity index (χ3v) is 2.02. The van der Waals surface area contributed by atoms with E-state index < -0.39 is 5.97 Å². The van der Waals surface area contributed by atoms with Crippen LogP contribution in [0.5, 0.6) is 0 Å². The van der Waals surface area contributed by atoms with Gasteiger partial charge in [-0.05, 0) is 12.1 Å². The molecule has 0 amide bonds. The Labute approximate surface area is 97.7 Å². The Bertz CT molecular complexity index is 516. The van der Waals surface area contributed by atoms with Gasteiger partial charge in [0.1, 0.15) is 17.2 Å². The van der Waals surface area contributed by atoms with Gasteiger partial charge in [0.25, 0.3) is 0 Å². The zero-order valence-electron chi connectivity index (χ0n) is 9.12. The van der Waals surface area contributed by atoms with Crippen molar-refractivity contribution in [1.82, 2.24) is 15.0 Å². The smallest absolute Gasteiger partial charge is 0.341 e. The Kier molecular flexibility index (Phi) is 3.25. The number of aromatic nitrogens is 3. The summed E-state index contributed by atoms with van der Waals surface area (Å²) >= 11 is 0. The summed E-state index contributed by atoms with van der Waals surface area (Å²) in [7, 11) is 1.32. The standard InChI is InChI=1S/C11H10N4O2/c1-17-11(16)8-3-2-4-14-10(8)15-9-7-12-5-6-13-9/h2-7H,1H3,(H,13,14,15). The first-order chi connectivity index (χ1) is 8.31. The maximum Gasteiger partial charge on any atom is 0.341 e. The van der Waals surface area contributed by atoms with Gasteiger partial charge >= 0.3 is 5.97 Å². The first kappa shape index (κ1) is 11.0. The zero-order valence-corrected chi connectivity index (χ0v) is 9.12. The SMILES string of the molecule is COC(=O)c1cccnc1Nc1cnccn1. The van der Waals surface area contributed by atoms with Crippen LogP contribution in [0.15, 0.2) is 36.9 Å². The highest BCUT2D eigenvalue weighted by molar-refractivity contribution is 5.95. The van der Waals surface area contributed by atoms with E-state index in [4.69, 9.17) is 0 Å². The molecule has 0 saturated heterocycles. The molecular weight excluding hydrogens is 220 g/mol. The van der Waals surface area contributed by atoms with Gasteiger partial charge in [0, 0.05) is 18.6 Å². The van der Waals surface area contributed by atoms with Gasteiger partial charge in [-0.1, -0.05) is 0 Å². The van der Waals surface area contributed by atoms with Crippen LogP contribution in [0.25, 0.3) is 0 Å². The van der Waals surface area contributed by atoms with E-state index in [-0.39, 0.29) is 0 Å². The molecule has 0 unspecified atom stereocenters. The summed E-state index contributed by atoms with van der Waals surface area (Å²) in [5, 5.41) is 2.90. The van der Waals surface area contributed by atoms with Crippen LogP contribution in [0.3, 0.4) is 0 Å². The molecule has 0 spiro atoms. The van der Waals surface area contributed by atoms with E-state index in [1.807, 2.05) is 0 Å². The fraction of sp³-hybridized carbons (Fsp3) is 0.0909. The number of carbonyl (C=O) groups is 1. The number of carbonyl (C=O) groups excluding carboxylic acids is 1. The maximum atomic E-state index is 11.5. The van der Waals surface area contributed by atoms with Gasteiger partial charge in [-0.15, -0.1) is 0 Å². The lowest BCUT2D eigenvalue weighted by Crippen LogP contribution is -2.07. The van der Waals surface area contributed by atoms with Gasteiger partial charge in [0.15, 0.2) is 0 Å². The fourth-order valence-electron chi connectivity index (χ4n) is 1.26. The Hall–Kier alpha value is -2.50. The van der Waals surface area contributed by atoms with Crippen LogP contribution in [0.4, 0.5) is 11.6 Å². The molecule has 2 aromatic heterocycles. The number of rotatable bonds is 3. The number of ether oxygens (including phenoxy) is 1. The van der Waals surface area contributed by atoms with Gasteiger partial charge < -0.3 is 10.1 Å². The molecule has 0 aromatic carbocycles. The molecule has 2 aromatic rings. The minimum absolute atomic E-state index is 0.348. The van der Waals surface area contributed by atoms with Gasteiger partial charge in [-0.3, -0.25) is 4.98 Å². The molecule has 0 aliphatic heterocycles. The molecule has 0 bridgehead atoms. The van der Waals surface area contributed by atoms with Crippen molar-refractivity contribution < 1.29 is 9.53 Å². The monoisotopic (exact) mass is 230 g/mol. The molecule has 17 heavy (non-hydrogen) atoms. The summed E-state index contributed by atoms with van der Waals surface area (Å²) in [4.78, 5) is 23.5. The normalized spacial score (nSPS) is 9.71. The van der Waals surface area contributed by atoms with E-state index in [9.17, 15) is 4.79 Å². The second-order valence-electron chi connectivity index (χ2n) is 3.11. The summed E-state index contributed by atoms with van der Waals surface area (Å²) in [6.07, 6.45) is 6.22. The van der Waals surface area contributed by atoms with E-state index in [2.05, 4.69) is 25.0 Å². The van der Waals surface area contributed by atoms with Crippen LogP contribution in [0, 0.1) is 0 Å². The molecule has 6 heteroatoms. The molecule has 0 aliphatic carbocycles. The van der Waals surface area contributed by atoms with Crippen LogP contribution < -0.4 is 5.32 Å². The number of esters is 1. The van der Waals surface area contributed by atoms with Gasteiger partial charge in [-0.2, -0.15) is 0 Å². The first-order valence-electron chi connectivity index (χ1n) is 4.87. The molecule has 6 nitrogen and oxygen atoms in total. The molecule has 0 saturated carbocycles. The number of pyridine rings is 1. The minimum Gasteiger partial charge on any atom is -0.465 e. The van der Waals surface area contributed by atoms with E-state index in [1.165, 1.54) is 13.3 Å². The van der Waals surface area contributed by atoms with Crippen molar-refractivity contribution >= 4 is 17.6 Å². The topological polar surface area (TPSA) is 77.0 Å². The van der Waals surface area contributed by atoms with Gasteiger partial charge in [-0.25, -0.2) is 14.8 Å². The van der Waals surface area contributed by atoms with Crippen LogP contribution in [-0.4, -0.2) is 28.0 Å². The quantitative estimate of drug-likeness (QED) is 0.803. The second kappa shape index (κ2) is 5.02. The van der Waals surface area contributed by atoms with Crippen molar-refractivity contribution in [3.63, 3.8) is 0 Å². The van der Waals surface area contributed by atoms with Crippen LogP contribution in [0.1, 0.15) is 10.4 Å². The van der Waals surface area contributed by atoms with Crippen molar-refractivity contribution in [1.29, 1.82) is 0 Å². The summed E-state index contributed by atoms with van der Waals surface area (Å²) in [5.41, 5.74) is 0.348. The number of hydrogen-bond donors (Lipinski definition) is 1. The number of nitrogens with one attached hydrogen (secondary N) is 1. The predicted octanol–water partition coefficient (Wildman–Crippen LogP) is 1.40. The average Bonchev–Trinajstić information content (AvgIpc) is 2.40. The van der Waals surface area contributed by atoms with Crippen molar-refractivity contribution in [2.24, 2.45) is 0 Å². The minimum atomic E-state index is -0.454. The second-order valence-corrected chi connectivity index (χ2v) is 3.11. The Morgan fingerprint density at radius 2 is 2.18 bits per heavy atom. The molecule has 0 radical (unpaired) electrons. The van der Waals surface area contributed by atoms with Crippen molar-refractivity contribution in [3.05, 3.63) is 42.5 Å². The lowest BCUT2D eigenvalue weighted by atomic mass is 10.2. The van der Waals surface area contributed by atoms with Crippen LogP contribution in [0.2, 0.25) is 0 Å². The number of nitrogens with zero attached hydrogens (tertiary/aromatic N) is 3. The van der Waals surface area contributed by atoms with E-state index >= 15 is 0 Å². The molecule has 0 aliphatic rings. The number of anilines is 2. The number of methoxy groups -OCH3 is 1. The Balaban J connectivity index is 2.30. The van der Waals surface area contributed by atoms with E-state index in [1.54, 1.807) is 30.7 Å². The summed E-state index contributed by atoms with van der Waals surface area (Å²) < 4.78 is 4.66. The van der Waals surface area contributed by atoms with Gasteiger partial charge in [0.05, 0.1) is 13.3 Å². The molecular formula is C11H10N4O2. The zero-order chi connectivity index (χ0) is 12.1. The first-order valence-corrected chi connectivity index (χ1v) is 4.87. The lowest BCUT2D eigenvalue weighted by Gasteiger charge is -2.07. The Morgan fingerprint density at radius 3 is 2.88 bits per heavy atom. The predicted molar refractivity (Wildman–Crippen MR) is 60.9 cm³/mol. The highest BCUT2D eigenvalue weighted by Crippen LogP contribution is 2.16. The molecule has 1 N–H and O–H groups in total. The highest BCUT2D eigenvalue weighted by atomic mass is 16.5. The summed E-state index contributed by atoms with van der Waals surface area (Å²) in [6.45, 7) is 0. The van der Waals surface area contributed by atoms with Crippen molar-refractivity contribution in [3.8, 4) is 0 Å². The van der Waals surface area contributed by atoms with Crippen molar-refractivity contribution in [2.75, 3.05) is 12.4 Å². The lowest BCUT2D eigenvalue weighted by molar-refractivity contribution is 0.0601. The molecule has 0 fully saturated rings. The van der Waals surface area contributed by atoms with Crippen LogP contribution >= 0.6 is 0 Å². The third-order valence-electron chi connectivity index (χ3n) is 2.02. The van der Waals surface area contributed by atoms with Crippen LogP contribution in [-0.2, 0) is 4.74 Å². The highest BCUT2D eigenvalue weighted by Gasteiger charge is 2.12. The average molecular weight is 230 g/mol. The molecule has 2 rings (SSSR count). The van der Waals surface area contributed by atoms with Crippen molar-refractivity contribution in [2.45, 2.75) is 0 Å². The largest absolute Gasteiger partial charge is 0.465 e. The fourth-order valence-corrected chi connectivity index (χ4v) is 1.26. The van der Waals surface area contributed by atoms with E-state index in [0.29, 0.717) is 17.2 Å².